The van der Waals surface area contributed by atoms with Crippen molar-refractivity contribution in [2.45, 2.75) is 25.0 Å². The van der Waals surface area contributed by atoms with E-state index in [0.29, 0.717) is 11.6 Å². The third-order valence-corrected chi connectivity index (χ3v) is 4.32. The van der Waals surface area contributed by atoms with Gasteiger partial charge < -0.3 is 15.2 Å². The number of aliphatic hydroxyl groups is 1. The molecule has 0 aliphatic carbocycles. The molecule has 0 bridgehead atoms. The molecule has 0 spiro atoms. The van der Waals surface area contributed by atoms with E-state index in [1.54, 1.807) is 0 Å². The van der Waals surface area contributed by atoms with Crippen LogP contribution in [0.15, 0.2) is 24.5 Å². The third kappa shape index (κ3) is 2.67. The van der Waals surface area contributed by atoms with Crippen LogP contribution in [0.1, 0.15) is 18.5 Å². The van der Waals surface area contributed by atoms with Crippen molar-refractivity contribution in [3.05, 3.63) is 35.2 Å². The Morgan fingerprint density at radius 3 is 2.80 bits per heavy atom. The van der Waals surface area contributed by atoms with Gasteiger partial charge in [0.1, 0.15) is 5.65 Å². The smallest absolute Gasteiger partial charge is 0.137 e. The lowest BCUT2D eigenvalue weighted by Crippen LogP contribution is -2.48. The molecule has 20 heavy (non-hydrogen) atoms. The topological polar surface area (TPSA) is 66.8 Å². The van der Waals surface area contributed by atoms with Gasteiger partial charge in [-0.25, -0.2) is 4.98 Å². The fourth-order valence-electron chi connectivity index (χ4n) is 2.68. The summed E-state index contributed by atoms with van der Waals surface area (Å²) < 4.78 is 2.02. The number of pyridine rings is 1. The molecule has 3 N–H and O–H groups in total. The van der Waals surface area contributed by atoms with Gasteiger partial charge in [0, 0.05) is 32.4 Å². The first kappa shape index (κ1) is 13.8. The number of imidazole rings is 1. The molecule has 2 aromatic rings. The lowest BCUT2D eigenvalue weighted by atomic mass is 9.91. The van der Waals surface area contributed by atoms with Gasteiger partial charge in [0.15, 0.2) is 0 Å². The SMILES string of the molecule is NCC1(O)CCN(Cc2cnc3ccc(Cl)cn23)CC1. The molecule has 3 rings (SSSR count). The van der Waals surface area contributed by atoms with E-state index in [1.165, 1.54) is 0 Å². The van der Waals surface area contributed by atoms with Gasteiger partial charge in [0.05, 0.1) is 22.5 Å². The Labute approximate surface area is 123 Å². The Morgan fingerprint density at radius 1 is 1.35 bits per heavy atom. The normalized spacial score (nSPS) is 19.6. The summed E-state index contributed by atoms with van der Waals surface area (Å²) in [7, 11) is 0. The Kier molecular flexibility index (Phi) is 3.69. The van der Waals surface area contributed by atoms with Crippen LogP contribution < -0.4 is 5.73 Å². The summed E-state index contributed by atoms with van der Waals surface area (Å²) in [5.41, 5.74) is 6.95. The van der Waals surface area contributed by atoms with Crippen LogP contribution in [0.4, 0.5) is 0 Å². The van der Waals surface area contributed by atoms with E-state index in [4.69, 9.17) is 17.3 Å². The van der Waals surface area contributed by atoms with Crippen molar-refractivity contribution in [1.82, 2.24) is 14.3 Å². The predicted octanol–water partition coefficient (Wildman–Crippen LogP) is 1.27. The summed E-state index contributed by atoms with van der Waals surface area (Å²) in [5, 5.41) is 10.8. The minimum Gasteiger partial charge on any atom is -0.388 e. The average molecular weight is 295 g/mol. The maximum absolute atomic E-state index is 10.1. The highest BCUT2D eigenvalue weighted by atomic mass is 35.5. The number of hydrogen-bond acceptors (Lipinski definition) is 4. The Hall–Kier alpha value is -1.14. The zero-order chi connectivity index (χ0) is 14.2. The summed E-state index contributed by atoms with van der Waals surface area (Å²) in [6.45, 7) is 2.84. The van der Waals surface area contributed by atoms with Crippen molar-refractivity contribution in [3.63, 3.8) is 0 Å². The van der Waals surface area contributed by atoms with Crippen LogP contribution in [0.25, 0.3) is 5.65 Å². The summed E-state index contributed by atoms with van der Waals surface area (Å²) in [5.74, 6) is 0. The van der Waals surface area contributed by atoms with Gasteiger partial charge in [-0.15, -0.1) is 0 Å². The van der Waals surface area contributed by atoms with Crippen molar-refractivity contribution in [1.29, 1.82) is 0 Å². The molecule has 0 amide bonds. The first-order valence-corrected chi connectivity index (χ1v) is 7.24. The number of fused-ring (bicyclic) bond motifs is 1. The summed E-state index contributed by atoms with van der Waals surface area (Å²) in [4.78, 5) is 6.69. The van der Waals surface area contributed by atoms with Gasteiger partial charge >= 0.3 is 0 Å². The van der Waals surface area contributed by atoms with E-state index in [1.807, 2.05) is 28.9 Å². The molecule has 2 aromatic heterocycles. The van der Waals surface area contributed by atoms with E-state index in [-0.39, 0.29) is 0 Å². The van der Waals surface area contributed by atoms with Crippen LogP contribution in [0.3, 0.4) is 0 Å². The molecule has 1 saturated heterocycles. The Bertz CT molecular complexity index is 604. The molecule has 1 aliphatic heterocycles. The van der Waals surface area contributed by atoms with Crippen LogP contribution >= 0.6 is 11.6 Å². The monoisotopic (exact) mass is 294 g/mol. The second-order valence-corrected chi connectivity index (χ2v) is 5.97. The molecule has 3 heterocycles. The molecule has 1 aliphatic rings. The zero-order valence-electron chi connectivity index (χ0n) is 11.3. The van der Waals surface area contributed by atoms with E-state index >= 15 is 0 Å². The van der Waals surface area contributed by atoms with E-state index in [0.717, 1.165) is 43.8 Å². The number of aromatic nitrogens is 2. The van der Waals surface area contributed by atoms with Gasteiger partial charge in [0.25, 0.3) is 0 Å². The van der Waals surface area contributed by atoms with E-state index in [9.17, 15) is 5.11 Å². The van der Waals surface area contributed by atoms with Crippen molar-refractivity contribution < 1.29 is 5.11 Å². The summed E-state index contributed by atoms with van der Waals surface area (Å²) >= 11 is 6.04. The van der Waals surface area contributed by atoms with E-state index < -0.39 is 5.60 Å². The second kappa shape index (κ2) is 5.33. The lowest BCUT2D eigenvalue weighted by Gasteiger charge is -2.37. The maximum Gasteiger partial charge on any atom is 0.137 e. The van der Waals surface area contributed by atoms with Crippen LogP contribution in [0.2, 0.25) is 5.02 Å². The minimum atomic E-state index is -0.681. The predicted molar refractivity (Wildman–Crippen MR) is 78.7 cm³/mol. The molecule has 0 unspecified atom stereocenters. The highest BCUT2D eigenvalue weighted by Crippen LogP contribution is 2.22. The molecule has 108 valence electrons. The number of rotatable bonds is 3. The van der Waals surface area contributed by atoms with Crippen LogP contribution in [0.5, 0.6) is 0 Å². The highest BCUT2D eigenvalue weighted by molar-refractivity contribution is 6.30. The number of likely N-dealkylation sites (tertiary alicyclic amines) is 1. The van der Waals surface area contributed by atoms with Crippen LogP contribution in [0, 0.1) is 0 Å². The van der Waals surface area contributed by atoms with Gasteiger partial charge in [0.2, 0.25) is 0 Å². The number of nitrogens with zero attached hydrogens (tertiary/aromatic N) is 3. The molecule has 0 atom stereocenters. The molecule has 6 heteroatoms. The van der Waals surface area contributed by atoms with Crippen LogP contribution in [-0.2, 0) is 6.54 Å². The standard InChI is InChI=1S/C14H19ClN4O/c15-11-1-2-13-17-7-12(19(13)8-11)9-18-5-3-14(20,10-16)4-6-18/h1-2,7-8,20H,3-6,9-10,16H2. The van der Waals surface area contributed by atoms with Crippen molar-refractivity contribution in [3.8, 4) is 0 Å². The fourth-order valence-corrected chi connectivity index (χ4v) is 2.84. The lowest BCUT2D eigenvalue weighted by molar-refractivity contribution is -0.0156. The average Bonchev–Trinajstić information content (AvgIpc) is 2.84. The number of piperidine rings is 1. The van der Waals surface area contributed by atoms with Gasteiger partial charge in [-0.1, -0.05) is 11.6 Å². The number of halogens is 1. The van der Waals surface area contributed by atoms with Gasteiger partial charge in [-0.05, 0) is 25.0 Å². The number of nitrogens with two attached hydrogens (primary N) is 1. The molecule has 0 radical (unpaired) electrons. The van der Waals surface area contributed by atoms with E-state index in [2.05, 4.69) is 9.88 Å². The molecular formula is C14H19ClN4O. The molecule has 0 saturated carbocycles. The highest BCUT2D eigenvalue weighted by Gasteiger charge is 2.30. The first-order chi connectivity index (χ1) is 9.59. The van der Waals surface area contributed by atoms with Crippen molar-refractivity contribution in [2.24, 2.45) is 5.73 Å². The molecule has 1 fully saturated rings. The van der Waals surface area contributed by atoms with Crippen molar-refractivity contribution >= 4 is 17.2 Å². The summed E-state index contributed by atoms with van der Waals surface area (Å²) in [6.07, 6.45) is 5.22. The maximum atomic E-state index is 10.1. The van der Waals surface area contributed by atoms with Crippen molar-refractivity contribution in [2.75, 3.05) is 19.6 Å². The van der Waals surface area contributed by atoms with Crippen LogP contribution in [-0.4, -0.2) is 44.6 Å². The Morgan fingerprint density at radius 2 is 2.10 bits per heavy atom. The zero-order valence-corrected chi connectivity index (χ0v) is 12.1. The minimum absolute atomic E-state index is 0.339. The van der Waals surface area contributed by atoms with Gasteiger partial charge in [-0.2, -0.15) is 0 Å². The fraction of sp³-hybridized carbons (Fsp3) is 0.500. The summed E-state index contributed by atoms with van der Waals surface area (Å²) in [6, 6.07) is 3.76. The first-order valence-electron chi connectivity index (χ1n) is 6.86. The van der Waals surface area contributed by atoms with Gasteiger partial charge in [-0.3, -0.25) is 4.90 Å². The molecule has 5 nitrogen and oxygen atoms in total. The third-order valence-electron chi connectivity index (χ3n) is 4.10. The Balaban J connectivity index is 1.73. The molecular weight excluding hydrogens is 276 g/mol. The second-order valence-electron chi connectivity index (χ2n) is 5.53. The largest absolute Gasteiger partial charge is 0.388 e. The number of hydrogen-bond donors (Lipinski definition) is 2. The molecule has 0 aromatic carbocycles. The quantitative estimate of drug-likeness (QED) is 0.895.